The average Bonchev–Trinajstić information content (AvgIpc) is 3.14. The van der Waals surface area contributed by atoms with Crippen LogP contribution in [0.4, 0.5) is 14.2 Å². The first kappa shape index (κ1) is 17.2. The highest BCUT2D eigenvalue weighted by molar-refractivity contribution is 7.20. The molecule has 3 aromatic rings. The third-order valence-electron chi connectivity index (χ3n) is 4.42. The molecular formula is C18H16FN5O2S. The third-order valence-corrected chi connectivity index (χ3v) is 5.60. The Bertz CT molecular complexity index is 1070. The molecule has 3 amide bonds. The van der Waals surface area contributed by atoms with Gasteiger partial charge in [-0.3, -0.25) is 14.8 Å². The topological polar surface area (TPSA) is 116 Å². The molecule has 7 nitrogen and oxygen atoms in total. The van der Waals surface area contributed by atoms with E-state index in [1.807, 2.05) is 12.3 Å². The SMILES string of the molecule is NC(=O)Nc1sc2c(c1C(N)=O)CCc1nn(Cc3cccc(F)c3)cc1-2. The highest BCUT2D eigenvalue weighted by Gasteiger charge is 2.29. The van der Waals surface area contributed by atoms with Crippen LogP contribution in [0, 0.1) is 5.82 Å². The molecule has 27 heavy (non-hydrogen) atoms. The number of carbonyl (C=O) groups is 2. The van der Waals surface area contributed by atoms with Gasteiger partial charge in [-0.15, -0.1) is 11.3 Å². The monoisotopic (exact) mass is 385 g/mol. The minimum Gasteiger partial charge on any atom is -0.365 e. The highest BCUT2D eigenvalue weighted by atomic mass is 32.1. The summed E-state index contributed by atoms with van der Waals surface area (Å²) in [6.45, 7) is 0.431. The van der Waals surface area contributed by atoms with E-state index in [0.717, 1.165) is 27.3 Å². The molecular weight excluding hydrogens is 369 g/mol. The standard InChI is InChI=1S/C18H16FN5O2S/c19-10-3-1-2-9(6-10)7-24-8-12-13(23-24)5-4-11-14(16(20)25)17(22-18(21)26)27-15(11)12/h1-3,6,8H,4-5,7H2,(H2,20,25)(H3,21,22,26). The summed E-state index contributed by atoms with van der Waals surface area (Å²) in [6.07, 6.45) is 3.10. The van der Waals surface area contributed by atoms with Crippen molar-refractivity contribution in [2.75, 3.05) is 5.32 Å². The molecule has 0 bridgehead atoms. The number of nitrogens with two attached hydrogens (primary N) is 2. The smallest absolute Gasteiger partial charge is 0.317 e. The normalized spacial score (nSPS) is 12.3. The molecule has 0 aliphatic heterocycles. The molecule has 0 radical (unpaired) electrons. The molecule has 0 spiro atoms. The van der Waals surface area contributed by atoms with E-state index < -0.39 is 11.9 Å². The molecule has 1 aliphatic rings. The predicted molar refractivity (Wildman–Crippen MR) is 100 cm³/mol. The lowest BCUT2D eigenvalue weighted by Crippen LogP contribution is -2.22. The van der Waals surface area contributed by atoms with Gasteiger partial charge in [0.25, 0.3) is 5.91 Å². The van der Waals surface area contributed by atoms with Crippen molar-refractivity contribution in [2.45, 2.75) is 19.4 Å². The maximum atomic E-state index is 13.4. The first-order valence-electron chi connectivity index (χ1n) is 8.25. The van der Waals surface area contributed by atoms with Gasteiger partial charge in [0.15, 0.2) is 0 Å². The van der Waals surface area contributed by atoms with Crippen LogP contribution >= 0.6 is 11.3 Å². The zero-order valence-corrected chi connectivity index (χ0v) is 15.0. The van der Waals surface area contributed by atoms with E-state index in [9.17, 15) is 14.0 Å². The Labute approximate surface area is 157 Å². The van der Waals surface area contributed by atoms with Gasteiger partial charge in [0.1, 0.15) is 10.8 Å². The number of aryl methyl sites for hydroxylation is 1. The lowest BCUT2D eigenvalue weighted by Gasteiger charge is -2.11. The maximum Gasteiger partial charge on any atom is 0.317 e. The lowest BCUT2D eigenvalue weighted by molar-refractivity contribution is 0.100. The minimum absolute atomic E-state index is 0.293. The van der Waals surface area contributed by atoms with Gasteiger partial charge in [-0.1, -0.05) is 12.1 Å². The number of aromatic nitrogens is 2. The Hall–Kier alpha value is -3.20. The van der Waals surface area contributed by atoms with Crippen LogP contribution in [0.1, 0.15) is 27.2 Å². The second kappa shape index (κ2) is 6.51. The predicted octanol–water partition coefficient (Wildman–Crippen LogP) is 2.49. The van der Waals surface area contributed by atoms with E-state index in [0.29, 0.717) is 30.0 Å². The van der Waals surface area contributed by atoms with Gasteiger partial charge in [0, 0.05) is 16.6 Å². The number of halogens is 1. The largest absolute Gasteiger partial charge is 0.365 e. The molecule has 4 rings (SSSR count). The van der Waals surface area contributed by atoms with E-state index in [1.54, 1.807) is 10.7 Å². The summed E-state index contributed by atoms with van der Waals surface area (Å²) < 4.78 is 15.2. The number of thiophene rings is 1. The molecule has 0 saturated heterocycles. The van der Waals surface area contributed by atoms with Gasteiger partial charge in [-0.05, 0) is 36.1 Å². The fourth-order valence-corrected chi connectivity index (χ4v) is 4.65. The number of primary amides is 2. The number of hydrogen-bond acceptors (Lipinski definition) is 4. The van der Waals surface area contributed by atoms with Crippen molar-refractivity contribution in [1.29, 1.82) is 0 Å². The summed E-state index contributed by atoms with van der Waals surface area (Å²) in [6, 6.07) is 5.61. The number of benzene rings is 1. The fourth-order valence-electron chi connectivity index (χ4n) is 3.36. The Morgan fingerprint density at radius 1 is 1.30 bits per heavy atom. The number of anilines is 1. The lowest BCUT2D eigenvalue weighted by atomic mass is 9.94. The van der Waals surface area contributed by atoms with Crippen LogP contribution in [0.2, 0.25) is 0 Å². The van der Waals surface area contributed by atoms with Crippen LogP contribution in [-0.2, 0) is 19.4 Å². The van der Waals surface area contributed by atoms with Crippen LogP contribution in [-0.4, -0.2) is 21.7 Å². The second-order valence-electron chi connectivity index (χ2n) is 6.28. The zero-order valence-electron chi connectivity index (χ0n) is 14.2. The van der Waals surface area contributed by atoms with Gasteiger partial charge < -0.3 is 11.5 Å². The Morgan fingerprint density at radius 2 is 2.11 bits per heavy atom. The maximum absolute atomic E-state index is 13.4. The summed E-state index contributed by atoms with van der Waals surface area (Å²) in [5, 5.41) is 7.43. The molecule has 2 aromatic heterocycles. The molecule has 138 valence electrons. The van der Waals surface area contributed by atoms with Crippen molar-refractivity contribution in [3.05, 3.63) is 58.7 Å². The number of urea groups is 1. The van der Waals surface area contributed by atoms with Crippen molar-refractivity contribution in [3.63, 3.8) is 0 Å². The molecule has 9 heteroatoms. The van der Waals surface area contributed by atoms with E-state index >= 15 is 0 Å². The summed E-state index contributed by atoms with van der Waals surface area (Å²) in [5.74, 6) is -0.898. The number of hydrogen-bond donors (Lipinski definition) is 3. The number of nitrogens with one attached hydrogen (secondary N) is 1. The van der Waals surface area contributed by atoms with E-state index in [4.69, 9.17) is 11.5 Å². The van der Waals surface area contributed by atoms with Crippen LogP contribution in [0.3, 0.4) is 0 Å². The quantitative estimate of drug-likeness (QED) is 0.640. The highest BCUT2D eigenvalue weighted by Crippen LogP contribution is 2.44. The summed E-state index contributed by atoms with van der Waals surface area (Å²) in [7, 11) is 0. The van der Waals surface area contributed by atoms with Crippen LogP contribution in [0.15, 0.2) is 30.5 Å². The summed E-state index contributed by atoms with van der Waals surface area (Å²) in [4.78, 5) is 24.0. The van der Waals surface area contributed by atoms with E-state index in [2.05, 4.69) is 10.4 Å². The Morgan fingerprint density at radius 3 is 2.81 bits per heavy atom. The molecule has 0 unspecified atom stereocenters. The summed E-state index contributed by atoms with van der Waals surface area (Å²) >= 11 is 1.26. The number of fused-ring (bicyclic) bond motifs is 3. The van der Waals surface area contributed by atoms with Gasteiger partial charge >= 0.3 is 6.03 Å². The molecule has 1 aliphatic carbocycles. The first-order chi connectivity index (χ1) is 12.9. The van der Waals surface area contributed by atoms with Crippen LogP contribution in [0.5, 0.6) is 0 Å². The van der Waals surface area contributed by atoms with Gasteiger partial charge in [-0.2, -0.15) is 5.10 Å². The van der Waals surface area contributed by atoms with Crippen molar-refractivity contribution >= 4 is 28.3 Å². The third kappa shape index (κ3) is 3.17. The van der Waals surface area contributed by atoms with E-state index in [-0.39, 0.29) is 5.82 Å². The van der Waals surface area contributed by atoms with Crippen molar-refractivity contribution in [2.24, 2.45) is 11.5 Å². The minimum atomic E-state index is -0.752. The fraction of sp³-hybridized carbons (Fsp3) is 0.167. The van der Waals surface area contributed by atoms with Gasteiger partial charge in [0.05, 0.1) is 17.8 Å². The van der Waals surface area contributed by atoms with Crippen LogP contribution < -0.4 is 16.8 Å². The first-order valence-corrected chi connectivity index (χ1v) is 9.07. The molecule has 0 fully saturated rings. The zero-order chi connectivity index (χ0) is 19.1. The van der Waals surface area contributed by atoms with Crippen molar-refractivity contribution < 1.29 is 14.0 Å². The summed E-state index contributed by atoms with van der Waals surface area (Å²) in [5.41, 5.74) is 14.4. The Kier molecular flexibility index (Phi) is 4.15. The molecule has 5 N–H and O–H groups in total. The average molecular weight is 385 g/mol. The number of carbonyl (C=O) groups excluding carboxylic acids is 2. The molecule has 0 atom stereocenters. The van der Waals surface area contributed by atoms with Crippen molar-refractivity contribution in [1.82, 2.24) is 9.78 Å². The Balaban J connectivity index is 1.74. The number of nitrogens with zero attached hydrogens (tertiary/aromatic N) is 2. The van der Waals surface area contributed by atoms with E-state index in [1.165, 1.54) is 23.5 Å². The molecule has 1 aromatic carbocycles. The van der Waals surface area contributed by atoms with Crippen LogP contribution in [0.25, 0.3) is 10.4 Å². The second-order valence-corrected chi connectivity index (χ2v) is 7.30. The van der Waals surface area contributed by atoms with Crippen molar-refractivity contribution in [3.8, 4) is 10.4 Å². The van der Waals surface area contributed by atoms with Gasteiger partial charge in [0.2, 0.25) is 0 Å². The number of amides is 3. The van der Waals surface area contributed by atoms with Gasteiger partial charge in [-0.25, -0.2) is 9.18 Å². The molecule has 2 heterocycles. The number of rotatable bonds is 4. The molecule has 0 saturated carbocycles.